The van der Waals surface area contributed by atoms with Crippen LogP contribution in [0.15, 0.2) is 36.5 Å². The normalized spacial score (nSPS) is 17.2. The van der Waals surface area contributed by atoms with Crippen molar-refractivity contribution < 1.29 is 9.90 Å². The minimum atomic E-state index is -0.0881. The molecule has 0 atom stereocenters. The fourth-order valence-corrected chi connectivity index (χ4v) is 3.04. The van der Waals surface area contributed by atoms with Gasteiger partial charge in [0.2, 0.25) is 0 Å². The van der Waals surface area contributed by atoms with Crippen LogP contribution in [-0.2, 0) is 0 Å². The van der Waals surface area contributed by atoms with E-state index in [9.17, 15) is 9.90 Å². The Labute approximate surface area is 135 Å². The zero-order chi connectivity index (χ0) is 16.3. The number of hydrogen-bond donors (Lipinski definition) is 1. The Hall–Kier alpha value is -2.21. The highest BCUT2D eigenvalue weighted by molar-refractivity contribution is 5.92. The number of hydrogen-bond acceptors (Lipinski definition) is 4. The molecule has 1 fully saturated rings. The van der Waals surface area contributed by atoms with Gasteiger partial charge in [0.05, 0.1) is 11.9 Å². The number of para-hydroxylation sites is 1. The van der Waals surface area contributed by atoms with Crippen molar-refractivity contribution in [2.45, 2.75) is 26.2 Å². The van der Waals surface area contributed by atoms with E-state index in [2.05, 4.69) is 17.2 Å². The number of aliphatic hydroxyl groups is 1. The number of piperidine rings is 1. The van der Waals surface area contributed by atoms with E-state index >= 15 is 0 Å². The summed E-state index contributed by atoms with van der Waals surface area (Å²) in [6.45, 7) is 3.60. The average molecular weight is 314 g/mol. The van der Waals surface area contributed by atoms with E-state index in [1.165, 1.54) is 0 Å². The lowest BCUT2D eigenvalue weighted by Crippen LogP contribution is -2.44. The molecule has 1 aliphatic rings. The van der Waals surface area contributed by atoms with Gasteiger partial charge in [-0.2, -0.15) is 0 Å². The molecule has 2 heterocycles. The Kier molecular flexibility index (Phi) is 4.43. The Bertz CT molecular complexity index is 654. The maximum Gasteiger partial charge on any atom is 0.276 e. The summed E-state index contributed by atoms with van der Waals surface area (Å²) in [5.41, 5.74) is 1.21. The molecule has 0 bridgehead atoms. The number of carbonyl (C=O) groups is 1. The highest BCUT2D eigenvalue weighted by Gasteiger charge is 2.34. The minimum Gasteiger partial charge on any atom is -0.396 e. The Morgan fingerprint density at radius 2 is 1.96 bits per heavy atom. The van der Waals surface area contributed by atoms with Gasteiger partial charge in [-0.25, -0.2) is 4.68 Å². The predicted octanol–water partition coefficient (Wildman–Crippen LogP) is 1.89. The first-order chi connectivity index (χ1) is 11.2. The highest BCUT2D eigenvalue weighted by Crippen LogP contribution is 2.34. The van der Waals surface area contributed by atoms with Crippen molar-refractivity contribution in [1.82, 2.24) is 19.9 Å². The van der Waals surface area contributed by atoms with E-state index in [0.717, 1.165) is 24.9 Å². The third kappa shape index (κ3) is 3.12. The molecule has 1 aromatic carbocycles. The standard InChI is InChI=1S/C17H22N4O2/c1-2-17(13-22)8-10-20(11-9-17)16(23)15-12-21(19-18-15)14-6-4-3-5-7-14/h3-7,12,22H,2,8-11,13H2,1H3. The van der Waals surface area contributed by atoms with E-state index in [4.69, 9.17) is 0 Å². The molecule has 1 saturated heterocycles. The second kappa shape index (κ2) is 6.50. The van der Waals surface area contributed by atoms with Crippen LogP contribution in [0, 0.1) is 5.41 Å². The molecular formula is C17H22N4O2. The lowest BCUT2D eigenvalue weighted by molar-refractivity contribution is 0.0334. The van der Waals surface area contributed by atoms with E-state index < -0.39 is 0 Å². The summed E-state index contributed by atoms with van der Waals surface area (Å²) in [6.07, 6.45) is 4.28. The molecule has 0 aliphatic carbocycles. The summed E-state index contributed by atoms with van der Waals surface area (Å²) in [5, 5.41) is 17.6. The summed E-state index contributed by atoms with van der Waals surface area (Å²) in [4.78, 5) is 14.4. The van der Waals surface area contributed by atoms with Crippen LogP contribution < -0.4 is 0 Å². The number of rotatable bonds is 4. The Balaban J connectivity index is 1.69. The van der Waals surface area contributed by atoms with Crippen LogP contribution in [0.2, 0.25) is 0 Å². The first kappa shape index (κ1) is 15.7. The number of nitrogens with zero attached hydrogens (tertiary/aromatic N) is 4. The maximum atomic E-state index is 12.6. The topological polar surface area (TPSA) is 71.2 Å². The molecule has 0 saturated carbocycles. The third-order valence-corrected chi connectivity index (χ3v) is 4.93. The maximum absolute atomic E-state index is 12.6. The summed E-state index contributed by atoms with van der Waals surface area (Å²) < 4.78 is 1.61. The van der Waals surface area contributed by atoms with Crippen molar-refractivity contribution in [1.29, 1.82) is 0 Å². The molecule has 2 aromatic rings. The summed E-state index contributed by atoms with van der Waals surface area (Å²) >= 11 is 0. The molecule has 0 radical (unpaired) electrons. The molecule has 6 nitrogen and oxygen atoms in total. The van der Waals surface area contributed by atoms with Gasteiger partial charge in [-0.1, -0.05) is 30.3 Å². The van der Waals surface area contributed by atoms with Crippen LogP contribution in [0.1, 0.15) is 36.7 Å². The van der Waals surface area contributed by atoms with Gasteiger partial charge in [0.25, 0.3) is 5.91 Å². The van der Waals surface area contributed by atoms with Gasteiger partial charge in [-0.3, -0.25) is 4.79 Å². The summed E-state index contributed by atoms with van der Waals surface area (Å²) in [6, 6.07) is 9.60. The number of aromatic nitrogens is 3. The van der Waals surface area contributed by atoms with Gasteiger partial charge in [-0.15, -0.1) is 5.10 Å². The van der Waals surface area contributed by atoms with Gasteiger partial charge in [-0.05, 0) is 36.8 Å². The SMILES string of the molecule is CCC1(CO)CCN(C(=O)c2cn(-c3ccccc3)nn2)CC1. The van der Waals surface area contributed by atoms with Gasteiger partial charge in [0, 0.05) is 19.7 Å². The van der Waals surface area contributed by atoms with Crippen LogP contribution in [0.4, 0.5) is 0 Å². The Morgan fingerprint density at radius 1 is 1.26 bits per heavy atom. The van der Waals surface area contributed by atoms with Crippen LogP contribution in [0.5, 0.6) is 0 Å². The molecule has 6 heteroatoms. The number of likely N-dealkylation sites (tertiary alicyclic amines) is 1. The molecule has 1 amide bonds. The quantitative estimate of drug-likeness (QED) is 0.935. The minimum absolute atomic E-state index is 0.0293. The molecule has 3 rings (SSSR count). The van der Waals surface area contributed by atoms with E-state index in [1.807, 2.05) is 35.2 Å². The molecule has 23 heavy (non-hydrogen) atoms. The fraction of sp³-hybridized carbons (Fsp3) is 0.471. The first-order valence-electron chi connectivity index (χ1n) is 8.05. The number of aliphatic hydroxyl groups excluding tert-OH is 1. The smallest absolute Gasteiger partial charge is 0.276 e. The zero-order valence-corrected chi connectivity index (χ0v) is 13.4. The monoisotopic (exact) mass is 314 g/mol. The van der Waals surface area contributed by atoms with Gasteiger partial charge in [0.1, 0.15) is 0 Å². The van der Waals surface area contributed by atoms with E-state index in [1.54, 1.807) is 10.9 Å². The molecule has 0 spiro atoms. The van der Waals surface area contributed by atoms with Crippen LogP contribution in [0.3, 0.4) is 0 Å². The van der Waals surface area contributed by atoms with Crippen molar-refractivity contribution >= 4 is 5.91 Å². The molecule has 1 aromatic heterocycles. The van der Waals surface area contributed by atoms with Crippen molar-refractivity contribution in [3.05, 3.63) is 42.2 Å². The Morgan fingerprint density at radius 3 is 2.57 bits per heavy atom. The zero-order valence-electron chi connectivity index (χ0n) is 13.4. The van der Waals surface area contributed by atoms with E-state index in [-0.39, 0.29) is 17.9 Å². The lowest BCUT2D eigenvalue weighted by Gasteiger charge is -2.39. The molecular weight excluding hydrogens is 292 g/mol. The molecule has 1 aliphatic heterocycles. The molecule has 122 valence electrons. The van der Waals surface area contributed by atoms with Crippen molar-refractivity contribution in [3.8, 4) is 5.69 Å². The summed E-state index contributed by atoms with van der Waals surface area (Å²) in [7, 11) is 0. The average Bonchev–Trinajstić information content (AvgIpc) is 3.12. The van der Waals surface area contributed by atoms with Gasteiger partial charge >= 0.3 is 0 Å². The second-order valence-corrected chi connectivity index (χ2v) is 6.19. The van der Waals surface area contributed by atoms with Gasteiger partial charge in [0.15, 0.2) is 5.69 Å². The van der Waals surface area contributed by atoms with Crippen molar-refractivity contribution in [2.75, 3.05) is 19.7 Å². The number of amides is 1. The molecule has 0 unspecified atom stereocenters. The van der Waals surface area contributed by atoms with Crippen molar-refractivity contribution in [3.63, 3.8) is 0 Å². The number of benzene rings is 1. The second-order valence-electron chi connectivity index (χ2n) is 6.19. The van der Waals surface area contributed by atoms with Crippen LogP contribution in [0.25, 0.3) is 5.69 Å². The summed E-state index contributed by atoms with van der Waals surface area (Å²) in [5.74, 6) is -0.0881. The first-order valence-corrected chi connectivity index (χ1v) is 8.05. The van der Waals surface area contributed by atoms with Gasteiger partial charge < -0.3 is 10.0 Å². The fourth-order valence-electron chi connectivity index (χ4n) is 3.04. The largest absolute Gasteiger partial charge is 0.396 e. The molecule has 1 N–H and O–H groups in total. The van der Waals surface area contributed by atoms with E-state index in [0.29, 0.717) is 18.8 Å². The lowest BCUT2D eigenvalue weighted by atomic mass is 9.77. The highest BCUT2D eigenvalue weighted by atomic mass is 16.3. The number of carbonyl (C=O) groups excluding carboxylic acids is 1. The van der Waals surface area contributed by atoms with Crippen molar-refractivity contribution in [2.24, 2.45) is 5.41 Å². The van der Waals surface area contributed by atoms with Crippen LogP contribution in [-0.4, -0.2) is 50.6 Å². The predicted molar refractivity (Wildman–Crippen MR) is 86.3 cm³/mol. The third-order valence-electron chi connectivity index (χ3n) is 4.93. The van der Waals surface area contributed by atoms with Crippen LogP contribution >= 0.6 is 0 Å².